The molecule has 0 spiro atoms. The van der Waals surface area contributed by atoms with E-state index in [1.54, 1.807) is 0 Å². The zero-order chi connectivity index (χ0) is 10.8. The van der Waals surface area contributed by atoms with E-state index in [1.165, 1.54) is 11.4 Å². The Hall–Kier alpha value is -1.78. The van der Waals surface area contributed by atoms with Crippen LogP contribution in [0.5, 0.6) is 0 Å². The van der Waals surface area contributed by atoms with Crippen LogP contribution in [-0.4, -0.2) is 15.0 Å². The molecular formula is C10H14N4O. The topological polar surface area (TPSA) is 55.9 Å². The van der Waals surface area contributed by atoms with Gasteiger partial charge in [0.15, 0.2) is 0 Å². The number of hydrogen-bond donors (Lipinski definition) is 1. The molecule has 2 aromatic rings. The summed E-state index contributed by atoms with van der Waals surface area (Å²) < 4.78 is 6.65. The second-order valence-electron chi connectivity index (χ2n) is 3.58. The lowest BCUT2D eigenvalue weighted by atomic mass is 10.3. The Morgan fingerprint density at radius 1 is 1.20 bits per heavy atom. The highest BCUT2D eigenvalue weighted by Gasteiger charge is 2.05. The van der Waals surface area contributed by atoms with Gasteiger partial charge in [0.1, 0.15) is 11.4 Å². The minimum Gasteiger partial charge on any atom is -0.320 e. The molecule has 2 heterocycles. The largest absolute Gasteiger partial charge is 0.320 e. The molecule has 0 aromatic carbocycles. The lowest BCUT2D eigenvalue weighted by molar-refractivity contribution is 0.301. The minimum atomic E-state index is 0.617. The number of rotatable bonds is 3. The molecule has 15 heavy (non-hydrogen) atoms. The second kappa shape index (κ2) is 3.76. The van der Waals surface area contributed by atoms with E-state index >= 15 is 0 Å². The third kappa shape index (κ3) is 1.86. The van der Waals surface area contributed by atoms with Crippen molar-refractivity contribution < 1.29 is 4.63 Å². The second-order valence-corrected chi connectivity index (χ2v) is 3.58. The standard InChI is InChI=1S/C10H14N4O/c1-7-4-5-8(2)14(7)11-6-10-9(3)12-15-13-10/h4-5,11H,6H2,1-3H3. The van der Waals surface area contributed by atoms with Crippen LogP contribution in [0.3, 0.4) is 0 Å². The first-order chi connectivity index (χ1) is 7.18. The maximum Gasteiger partial charge on any atom is 0.128 e. The van der Waals surface area contributed by atoms with E-state index in [0.29, 0.717) is 6.54 Å². The van der Waals surface area contributed by atoms with E-state index in [9.17, 15) is 0 Å². The first-order valence-corrected chi connectivity index (χ1v) is 4.85. The SMILES string of the molecule is Cc1nonc1CNn1c(C)ccc1C. The first-order valence-electron chi connectivity index (χ1n) is 4.85. The summed E-state index contributed by atoms with van der Waals surface area (Å²) in [6.45, 7) is 6.59. The monoisotopic (exact) mass is 206 g/mol. The lowest BCUT2D eigenvalue weighted by Gasteiger charge is -2.10. The van der Waals surface area contributed by atoms with Crippen LogP contribution >= 0.6 is 0 Å². The van der Waals surface area contributed by atoms with Crippen molar-refractivity contribution in [3.8, 4) is 0 Å². The number of nitrogens with one attached hydrogen (secondary N) is 1. The molecular weight excluding hydrogens is 192 g/mol. The minimum absolute atomic E-state index is 0.617. The Balaban J connectivity index is 2.08. The van der Waals surface area contributed by atoms with Crippen LogP contribution in [0.15, 0.2) is 16.8 Å². The average Bonchev–Trinajstić information content (AvgIpc) is 2.73. The fourth-order valence-corrected chi connectivity index (χ4v) is 1.48. The summed E-state index contributed by atoms with van der Waals surface area (Å²) in [7, 11) is 0. The molecule has 5 nitrogen and oxygen atoms in total. The zero-order valence-corrected chi connectivity index (χ0v) is 9.11. The quantitative estimate of drug-likeness (QED) is 0.827. The van der Waals surface area contributed by atoms with Gasteiger partial charge >= 0.3 is 0 Å². The van der Waals surface area contributed by atoms with Crippen molar-refractivity contribution in [2.75, 3.05) is 5.43 Å². The Morgan fingerprint density at radius 3 is 2.40 bits per heavy atom. The molecule has 0 aliphatic carbocycles. The van der Waals surface area contributed by atoms with Gasteiger partial charge in [-0.15, -0.1) is 0 Å². The van der Waals surface area contributed by atoms with Crippen molar-refractivity contribution in [1.29, 1.82) is 0 Å². The summed E-state index contributed by atoms with van der Waals surface area (Å²) in [5, 5.41) is 7.54. The maximum atomic E-state index is 4.63. The highest BCUT2D eigenvalue weighted by atomic mass is 16.6. The summed E-state index contributed by atoms with van der Waals surface area (Å²) in [5.41, 5.74) is 7.25. The van der Waals surface area contributed by atoms with Gasteiger partial charge in [-0.25, -0.2) is 4.63 Å². The van der Waals surface area contributed by atoms with E-state index in [4.69, 9.17) is 0 Å². The van der Waals surface area contributed by atoms with Gasteiger partial charge in [-0.2, -0.15) is 0 Å². The molecule has 0 bridgehead atoms. The van der Waals surface area contributed by atoms with Crippen LogP contribution in [-0.2, 0) is 6.54 Å². The van der Waals surface area contributed by atoms with Gasteiger partial charge in [0.2, 0.25) is 0 Å². The van der Waals surface area contributed by atoms with Gasteiger partial charge in [-0.05, 0) is 32.9 Å². The van der Waals surface area contributed by atoms with Gasteiger partial charge in [0.25, 0.3) is 0 Å². The van der Waals surface area contributed by atoms with Crippen molar-refractivity contribution in [2.24, 2.45) is 0 Å². The first kappa shape index (κ1) is 9.76. The fourth-order valence-electron chi connectivity index (χ4n) is 1.48. The zero-order valence-electron chi connectivity index (χ0n) is 9.11. The van der Waals surface area contributed by atoms with E-state index in [0.717, 1.165) is 11.4 Å². The molecule has 0 atom stereocenters. The van der Waals surface area contributed by atoms with Crippen molar-refractivity contribution in [2.45, 2.75) is 27.3 Å². The summed E-state index contributed by atoms with van der Waals surface area (Å²) >= 11 is 0. The normalized spacial score (nSPS) is 10.6. The predicted octanol–water partition coefficient (Wildman–Crippen LogP) is 1.54. The fraction of sp³-hybridized carbons (Fsp3) is 0.400. The van der Waals surface area contributed by atoms with Crippen molar-refractivity contribution in [1.82, 2.24) is 15.0 Å². The van der Waals surface area contributed by atoms with Gasteiger partial charge in [-0.1, -0.05) is 10.3 Å². The number of aryl methyl sites for hydroxylation is 3. The number of aromatic nitrogens is 3. The van der Waals surface area contributed by atoms with Crippen LogP contribution in [0.4, 0.5) is 0 Å². The molecule has 0 amide bonds. The van der Waals surface area contributed by atoms with Gasteiger partial charge in [-0.3, -0.25) is 4.68 Å². The third-order valence-electron chi connectivity index (χ3n) is 2.42. The Bertz CT molecular complexity index is 438. The summed E-state index contributed by atoms with van der Waals surface area (Å²) in [6, 6.07) is 4.13. The predicted molar refractivity (Wildman–Crippen MR) is 56.0 cm³/mol. The van der Waals surface area contributed by atoms with Crippen LogP contribution in [0.1, 0.15) is 22.8 Å². The average molecular weight is 206 g/mol. The molecule has 0 radical (unpaired) electrons. The van der Waals surface area contributed by atoms with Gasteiger partial charge < -0.3 is 5.43 Å². The van der Waals surface area contributed by atoms with E-state index in [-0.39, 0.29) is 0 Å². The molecule has 80 valence electrons. The molecule has 5 heteroatoms. The Kier molecular flexibility index (Phi) is 2.45. The van der Waals surface area contributed by atoms with Crippen LogP contribution < -0.4 is 5.43 Å². The van der Waals surface area contributed by atoms with E-state index in [1.807, 2.05) is 25.4 Å². The van der Waals surface area contributed by atoms with Crippen LogP contribution in [0.2, 0.25) is 0 Å². The molecule has 1 N–H and O–H groups in total. The molecule has 0 fully saturated rings. The molecule has 2 rings (SSSR count). The van der Waals surface area contributed by atoms with Crippen LogP contribution in [0.25, 0.3) is 0 Å². The van der Waals surface area contributed by atoms with Crippen LogP contribution in [0, 0.1) is 20.8 Å². The van der Waals surface area contributed by atoms with E-state index in [2.05, 4.69) is 32.5 Å². The molecule has 0 aliphatic rings. The highest BCUT2D eigenvalue weighted by molar-refractivity contribution is 5.16. The molecule has 0 unspecified atom stereocenters. The maximum absolute atomic E-state index is 4.63. The smallest absolute Gasteiger partial charge is 0.128 e. The summed E-state index contributed by atoms with van der Waals surface area (Å²) in [6.07, 6.45) is 0. The molecule has 0 saturated carbocycles. The molecule has 0 saturated heterocycles. The highest BCUT2D eigenvalue weighted by Crippen LogP contribution is 2.06. The summed E-state index contributed by atoms with van der Waals surface area (Å²) in [5.74, 6) is 0. The van der Waals surface area contributed by atoms with E-state index < -0.39 is 0 Å². The van der Waals surface area contributed by atoms with Gasteiger partial charge in [0, 0.05) is 11.4 Å². The Morgan fingerprint density at radius 2 is 1.87 bits per heavy atom. The van der Waals surface area contributed by atoms with Gasteiger partial charge in [0.05, 0.1) is 6.54 Å². The van der Waals surface area contributed by atoms with Crippen molar-refractivity contribution in [3.05, 3.63) is 34.9 Å². The third-order valence-corrected chi connectivity index (χ3v) is 2.42. The van der Waals surface area contributed by atoms with Crippen molar-refractivity contribution in [3.63, 3.8) is 0 Å². The lowest BCUT2D eigenvalue weighted by Crippen LogP contribution is -2.17. The number of nitrogens with zero attached hydrogens (tertiary/aromatic N) is 3. The van der Waals surface area contributed by atoms with Crippen molar-refractivity contribution >= 4 is 0 Å². The number of hydrogen-bond acceptors (Lipinski definition) is 4. The summed E-state index contributed by atoms with van der Waals surface area (Å²) in [4.78, 5) is 0. The molecule has 2 aromatic heterocycles. The molecule has 0 aliphatic heterocycles. The Labute approximate surface area is 88.0 Å².